The minimum absolute atomic E-state index is 0.0938. The molecule has 0 heterocycles. The Balaban J connectivity index is 0.000000399. The number of nitro groups is 1. The van der Waals surface area contributed by atoms with Crippen molar-refractivity contribution in [1.82, 2.24) is 0 Å². The van der Waals surface area contributed by atoms with E-state index in [0.717, 1.165) is 0 Å². The molecule has 0 unspecified atom stereocenters. The van der Waals surface area contributed by atoms with E-state index in [1.54, 1.807) is 6.07 Å². The van der Waals surface area contributed by atoms with Crippen LogP contribution < -0.4 is 10.5 Å². The summed E-state index contributed by atoms with van der Waals surface area (Å²) in [6, 6.07) is 4.30. The second kappa shape index (κ2) is 8.70. The van der Waals surface area contributed by atoms with Gasteiger partial charge in [0.25, 0.3) is 5.69 Å². The van der Waals surface area contributed by atoms with E-state index in [1.807, 2.05) is 0 Å². The minimum atomic E-state index is -0.544. The molecule has 0 saturated heterocycles. The molecule has 19 heavy (non-hydrogen) atoms. The standard InChI is InChI=1S/C7H8N2O3.C4H8O3/c1-12-5-2-3-6(8)7(4-5)9(10)11;1-7-4(6)2-3-5/h2-4H,8H2,1H3;5H,2-3H2,1H3. The Morgan fingerprint density at radius 1 is 1.47 bits per heavy atom. The van der Waals surface area contributed by atoms with Crippen LogP contribution in [0.25, 0.3) is 0 Å². The lowest BCUT2D eigenvalue weighted by Gasteiger charge is -2.00. The predicted molar refractivity (Wildman–Crippen MR) is 67.8 cm³/mol. The van der Waals surface area contributed by atoms with Gasteiger partial charge in [0.1, 0.15) is 11.4 Å². The van der Waals surface area contributed by atoms with E-state index in [0.29, 0.717) is 5.75 Å². The van der Waals surface area contributed by atoms with Crippen molar-refractivity contribution in [1.29, 1.82) is 0 Å². The first-order chi connectivity index (χ1) is 8.96. The third-order valence-electron chi connectivity index (χ3n) is 1.98. The number of carbonyl (C=O) groups is 1. The Hall–Kier alpha value is -2.35. The van der Waals surface area contributed by atoms with E-state index in [-0.39, 0.29) is 30.4 Å². The van der Waals surface area contributed by atoms with Crippen LogP contribution in [0.15, 0.2) is 18.2 Å². The number of aliphatic hydroxyl groups is 1. The molecule has 0 aliphatic heterocycles. The lowest BCUT2D eigenvalue weighted by molar-refractivity contribution is -0.384. The molecule has 0 aromatic heterocycles. The number of nitro benzene ring substituents is 1. The molecule has 0 atom stereocenters. The average Bonchev–Trinajstić information content (AvgIpc) is 2.40. The van der Waals surface area contributed by atoms with Gasteiger partial charge in [-0.05, 0) is 12.1 Å². The molecule has 0 fully saturated rings. The number of nitrogens with two attached hydrogens (primary N) is 1. The number of anilines is 1. The molecule has 1 aromatic rings. The van der Waals surface area contributed by atoms with Crippen LogP contribution in [0, 0.1) is 10.1 Å². The fourth-order valence-corrected chi connectivity index (χ4v) is 1.00. The number of nitrogen functional groups attached to an aromatic ring is 1. The SMILES string of the molecule is COC(=O)CCO.COc1ccc(N)c([N+](=O)[O-])c1. The number of hydrogen-bond acceptors (Lipinski definition) is 7. The van der Waals surface area contributed by atoms with Gasteiger partial charge in [-0.25, -0.2) is 0 Å². The third-order valence-corrected chi connectivity index (χ3v) is 1.98. The number of esters is 1. The fourth-order valence-electron chi connectivity index (χ4n) is 1.00. The normalized spacial score (nSPS) is 9.00. The summed E-state index contributed by atoms with van der Waals surface area (Å²) in [5.41, 5.74) is 5.36. The molecular weight excluding hydrogens is 256 g/mol. The van der Waals surface area contributed by atoms with Crippen LogP contribution in [0.3, 0.4) is 0 Å². The summed E-state index contributed by atoms with van der Waals surface area (Å²) in [7, 11) is 2.73. The van der Waals surface area contributed by atoms with Gasteiger partial charge in [0.05, 0.1) is 38.2 Å². The van der Waals surface area contributed by atoms with E-state index >= 15 is 0 Å². The third kappa shape index (κ3) is 6.22. The summed E-state index contributed by atoms with van der Waals surface area (Å²) in [4.78, 5) is 19.8. The number of aliphatic hydroxyl groups excluding tert-OH is 1. The number of methoxy groups -OCH3 is 2. The quantitative estimate of drug-likeness (QED) is 0.358. The Bertz CT molecular complexity index is 435. The number of benzene rings is 1. The van der Waals surface area contributed by atoms with Gasteiger partial charge in [-0.2, -0.15) is 0 Å². The van der Waals surface area contributed by atoms with Crippen LogP contribution in [-0.4, -0.2) is 36.8 Å². The predicted octanol–water partition coefficient (Wildman–Crippen LogP) is 0.727. The zero-order valence-electron chi connectivity index (χ0n) is 10.7. The summed E-state index contributed by atoms with van der Waals surface area (Å²) in [6.07, 6.45) is 0.0938. The zero-order valence-corrected chi connectivity index (χ0v) is 10.7. The van der Waals surface area contributed by atoms with Crippen molar-refractivity contribution in [2.45, 2.75) is 6.42 Å². The number of rotatable bonds is 4. The van der Waals surface area contributed by atoms with Gasteiger partial charge in [0.2, 0.25) is 0 Å². The first-order valence-corrected chi connectivity index (χ1v) is 5.21. The summed E-state index contributed by atoms with van der Waals surface area (Å²) >= 11 is 0. The van der Waals surface area contributed by atoms with Crippen LogP contribution in [0.2, 0.25) is 0 Å². The number of carbonyl (C=O) groups excluding carboxylic acids is 1. The maximum Gasteiger partial charge on any atom is 0.307 e. The monoisotopic (exact) mass is 272 g/mol. The van der Waals surface area contributed by atoms with Crippen LogP contribution in [0.5, 0.6) is 5.75 Å². The number of nitrogens with zero attached hydrogens (tertiary/aromatic N) is 1. The summed E-state index contributed by atoms with van der Waals surface area (Å²) in [6.45, 7) is -0.132. The second-order valence-electron chi connectivity index (χ2n) is 3.23. The number of ether oxygens (including phenoxy) is 2. The highest BCUT2D eigenvalue weighted by molar-refractivity contribution is 5.69. The van der Waals surface area contributed by atoms with Gasteiger partial charge in [0.15, 0.2) is 0 Å². The molecule has 0 bridgehead atoms. The van der Waals surface area contributed by atoms with Crippen LogP contribution in [0.1, 0.15) is 6.42 Å². The molecule has 8 nitrogen and oxygen atoms in total. The van der Waals surface area contributed by atoms with Crippen molar-refractivity contribution in [3.8, 4) is 5.75 Å². The van der Waals surface area contributed by atoms with Gasteiger partial charge >= 0.3 is 5.97 Å². The molecule has 0 radical (unpaired) electrons. The number of hydrogen-bond donors (Lipinski definition) is 2. The van der Waals surface area contributed by atoms with Crippen LogP contribution in [0.4, 0.5) is 11.4 Å². The molecule has 1 rings (SSSR count). The first-order valence-electron chi connectivity index (χ1n) is 5.21. The van der Waals surface area contributed by atoms with Gasteiger partial charge < -0.3 is 20.3 Å². The average molecular weight is 272 g/mol. The molecule has 0 spiro atoms. The van der Waals surface area contributed by atoms with Crippen molar-refractivity contribution in [3.63, 3.8) is 0 Å². The molecule has 0 aliphatic rings. The highest BCUT2D eigenvalue weighted by atomic mass is 16.6. The molecule has 8 heteroatoms. The van der Waals surface area contributed by atoms with E-state index in [2.05, 4.69) is 4.74 Å². The molecule has 0 saturated carbocycles. The topological polar surface area (TPSA) is 125 Å². The van der Waals surface area contributed by atoms with E-state index in [9.17, 15) is 14.9 Å². The lowest BCUT2D eigenvalue weighted by atomic mass is 10.2. The Morgan fingerprint density at radius 2 is 2.11 bits per heavy atom. The maximum atomic E-state index is 10.4. The molecule has 106 valence electrons. The minimum Gasteiger partial charge on any atom is -0.496 e. The van der Waals surface area contributed by atoms with Crippen molar-refractivity contribution < 1.29 is 24.3 Å². The van der Waals surface area contributed by atoms with Crippen molar-refractivity contribution in [2.24, 2.45) is 0 Å². The fraction of sp³-hybridized carbons (Fsp3) is 0.364. The van der Waals surface area contributed by atoms with Gasteiger partial charge in [-0.15, -0.1) is 0 Å². The highest BCUT2D eigenvalue weighted by Crippen LogP contribution is 2.25. The molecule has 0 amide bonds. The van der Waals surface area contributed by atoms with Gasteiger partial charge in [-0.1, -0.05) is 0 Å². The Kier molecular flexibility index (Phi) is 7.62. The van der Waals surface area contributed by atoms with Crippen LogP contribution in [-0.2, 0) is 9.53 Å². The van der Waals surface area contributed by atoms with Crippen molar-refractivity contribution >= 4 is 17.3 Å². The zero-order chi connectivity index (χ0) is 14.8. The Morgan fingerprint density at radius 3 is 2.47 bits per heavy atom. The Labute approximate surface area is 109 Å². The summed E-state index contributed by atoms with van der Waals surface area (Å²) in [5.74, 6) is 0.0541. The molecule has 3 N–H and O–H groups in total. The highest BCUT2D eigenvalue weighted by Gasteiger charge is 2.11. The van der Waals surface area contributed by atoms with Crippen molar-refractivity contribution in [3.05, 3.63) is 28.3 Å². The van der Waals surface area contributed by atoms with E-state index < -0.39 is 4.92 Å². The summed E-state index contributed by atoms with van der Waals surface area (Å²) in [5, 5.41) is 18.4. The first kappa shape index (κ1) is 16.6. The smallest absolute Gasteiger partial charge is 0.307 e. The van der Waals surface area contributed by atoms with Crippen LogP contribution >= 0.6 is 0 Å². The van der Waals surface area contributed by atoms with Gasteiger partial charge in [-0.3, -0.25) is 14.9 Å². The van der Waals surface area contributed by atoms with E-state index in [4.69, 9.17) is 15.6 Å². The molecular formula is C11H16N2O6. The second-order valence-corrected chi connectivity index (χ2v) is 3.23. The lowest BCUT2D eigenvalue weighted by Crippen LogP contribution is -2.01. The largest absolute Gasteiger partial charge is 0.496 e. The van der Waals surface area contributed by atoms with E-state index in [1.165, 1.54) is 26.4 Å². The molecule has 0 aliphatic carbocycles. The molecule has 1 aromatic carbocycles. The maximum absolute atomic E-state index is 10.4. The van der Waals surface area contributed by atoms with Gasteiger partial charge in [0, 0.05) is 0 Å². The summed E-state index contributed by atoms with van der Waals surface area (Å²) < 4.78 is 8.99. The van der Waals surface area contributed by atoms with Crippen molar-refractivity contribution in [2.75, 3.05) is 26.6 Å².